The number of hydrogen-bond acceptors (Lipinski definition) is 2. The molecule has 0 aliphatic heterocycles. The summed E-state index contributed by atoms with van der Waals surface area (Å²) in [5.74, 6) is -0.329. The number of carbonyl (C=O) groups excluding carboxylic acids is 1. The van der Waals surface area contributed by atoms with E-state index in [1.54, 1.807) is 0 Å². The van der Waals surface area contributed by atoms with E-state index in [1.807, 2.05) is 0 Å². The second-order valence-electron chi connectivity index (χ2n) is 0.776. The van der Waals surface area contributed by atoms with Gasteiger partial charge >= 0.3 is 5.97 Å². The Morgan fingerprint density at radius 3 is 1.89 bits per heavy atom. The third kappa shape index (κ3) is 36.6. The zero-order valence-electron chi connectivity index (χ0n) is 5.32. The first kappa shape index (κ1) is 15.8. The molecule has 1 radical (unpaired) electrons. The fourth-order valence-corrected chi connectivity index (χ4v) is 0.117. The molecule has 9 heavy (non-hydrogen) atoms. The van der Waals surface area contributed by atoms with Crippen LogP contribution in [0.2, 0.25) is 0 Å². The summed E-state index contributed by atoms with van der Waals surface area (Å²) in [4.78, 5) is 9.75. The topological polar surface area (TPSA) is 26.3 Å². The fourth-order valence-electron chi connectivity index (χ4n) is 0.117. The molecule has 0 aliphatic rings. The number of ether oxygens (including phenoxy) is 1. The second kappa shape index (κ2) is 15.7. The third-order valence-electron chi connectivity index (χ3n) is 0.249. The van der Waals surface area contributed by atoms with E-state index >= 15 is 0 Å². The van der Waals surface area contributed by atoms with E-state index in [0.717, 1.165) is 6.26 Å². The Labute approximate surface area is 66.1 Å². The van der Waals surface area contributed by atoms with Crippen LogP contribution in [0.3, 0.4) is 0 Å². The first-order chi connectivity index (χ1) is 3.77. The Morgan fingerprint density at radius 2 is 1.89 bits per heavy atom. The van der Waals surface area contributed by atoms with E-state index in [1.165, 1.54) is 6.92 Å². The summed E-state index contributed by atoms with van der Waals surface area (Å²) < 4.78 is 4.17. The molecule has 0 fully saturated rings. The molecule has 0 aliphatic carbocycles. The average Bonchev–Trinajstić information content (AvgIpc) is 1.72. The van der Waals surface area contributed by atoms with Crippen LogP contribution in [0.4, 0.5) is 0 Å². The zero-order chi connectivity index (χ0) is 6.99. The van der Waals surface area contributed by atoms with Crippen molar-refractivity contribution in [2.75, 3.05) is 0 Å². The van der Waals surface area contributed by atoms with Gasteiger partial charge in [0.05, 0.1) is 6.26 Å². The molecule has 0 saturated carbocycles. The smallest absolute Gasteiger partial charge is 0.307 e. The van der Waals surface area contributed by atoms with E-state index in [4.69, 9.17) is 0 Å². The van der Waals surface area contributed by atoms with E-state index in [2.05, 4.69) is 24.5 Å². The predicted molar refractivity (Wildman–Crippen MR) is 33.2 cm³/mol. The van der Waals surface area contributed by atoms with Gasteiger partial charge in [-0.2, -0.15) is 0 Å². The van der Waals surface area contributed by atoms with Crippen LogP contribution in [0.15, 0.2) is 26.0 Å². The molecule has 3 heteroatoms. The normalized spacial score (nSPS) is 5.00. The van der Waals surface area contributed by atoms with E-state index in [-0.39, 0.29) is 23.0 Å². The van der Waals surface area contributed by atoms with Crippen LogP contribution in [-0.2, 0) is 26.6 Å². The van der Waals surface area contributed by atoms with Gasteiger partial charge in [0.15, 0.2) is 0 Å². The SMILES string of the molecule is C=C.C=COC(C)=O.[Cu]. The van der Waals surface area contributed by atoms with Gasteiger partial charge in [-0.15, -0.1) is 13.2 Å². The van der Waals surface area contributed by atoms with Crippen molar-refractivity contribution in [1.82, 2.24) is 0 Å². The van der Waals surface area contributed by atoms with Crippen molar-refractivity contribution in [3.8, 4) is 0 Å². The van der Waals surface area contributed by atoms with Crippen LogP contribution in [-0.4, -0.2) is 5.97 Å². The van der Waals surface area contributed by atoms with Crippen molar-refractivity contribution < 1.29 is 26.6 Å². The molecule has 0 aromatic carbocycles. The van der Waals surface area contributed by atoms with Gasteiger partial charge in [-0.3, -0.25) is 4.79 Å². The summed E-state index contributed by atoms with van der Waals surface area (Å²) >= 11 is 0. The molecule has 0 unspecified atom stereocenters. The Balaban J connectivity index is -0.000000109. The summed E-state index contributed by atoms with van der Waals surface area (Å²) in [5.41, 5.74) is 0. The molecule has 0 saturated heterocycles. The summed E-state index contributed by atoms with van der Waals surface area (Å²) in [5, 5.41) is 0. The summed E-state index contributed by atoms with van der Waals surface area (Å²) in [6.45, 7) is 10.5. The van der Waals surface area contributed by atoms with Gasteiger partial charge in [0, 0.05) is 24.0 Å². The van der Waals surface area contributed by atoms with Gasteiger partial charge in [-0.05, 0) is 0 Å². The average molecular weight is 178 g/mol. The standard InChI is InChI=1S/C4H6O2.C2H4.Cu/c1-3-6-4(2)5;1-2;/h3H,1H2,2H3;1-2H2;. The predicted octanol–water partition coefficient (Wildman–Crippen LogP) is 1.49. The molecule has 0 atom stereocenters. The molecular weight excluding hydrogens is 168 g/mol. The molecule has 0 amide bonds. The van der Waals surface area contributed by atoms with Gasteiger partial charge in [0.25, 0.3) is 0 Å². The molecule has 0 N–H and O–H groups in total. The van der Waals surface area contributed by atoms with Gasteiger partial charge in [0.2, 0.25) is 0 Å². The van der Waals surface area contributed by atoms with Gasteiger partial charge in [-0.1, -0.05) is 6.58 Å². The van der Waals surface area contributed by atoms with Gasteiger partial charge in [0.1, 0.15) is 0 Å². The Kier molecular flexibility index (Phi) is 27.5. The third-order valence-corrected chi connectivity index (χ3v) is 0.249. The fraction of sp³-hybridized carbons (Fsp3) is 0.167. The minimum Gasteiger partial charge on any atom is -0.435 e. The summed E-state index contributed by atoms with van der Waals surface area (Å²) in [6.07, 6.45) is 1.10. The van der Waals surface area contributed by atoms with E-state index < -0.39 is 0 Å². The molecule has 57 valence electrons. The van der Waals surface area contributed by atoms with Crippen molar-refractivity contribution in [3.63, 3.8) is 0 Å². The Bertz CT molecular complexity index is 81.1. The van der Waals surface area contributed by atoms with Crippen molar-refractivity contribution in [3.05, 3.63) is 26.0 Å². The molecule has 0 aromatic rings. The number of hydrogen-bond donors (Lipinski definition) is 0. The van der Waals surface area contributed by atoms with Gasteiger partial charge < -0.3 is 4.74 Å². The van der Waals surface area contributed by atoms with Crippen molar-refractivity contribution in [1.29, 1.82) is 0 Å². The molecule has 2 nitrogen and oxygen atoms in total. The molecule has 0 aromatic heterocycles. The maximum absolute atomic E-state index is 9.75. The Hall–Kier alpha value is -0.531. The minimum absolute atomic E-state index is 0. The molecule has 0 spiro atoms. The van der Waals surface area contributed by atoms with Crippen LogP contribution >= 0.6 is 0 Å². The second-order valence-corrected chi connectivity index (χ2v) is 0.776. The Morgan fingerprint density at radius 1 is 1.56 bits per heavy atom. The molecule has 0 heterocycles. The van der Waals surface area contributed by atoms with Crippen molar-refractivity contribution in [2.45, 2.75) is 6.92 Å². The zero-order valence-corrected chi connectivity index (χ0v) is 6.26. The maximum atomic E-state index is 9.75. The number of esters is 1. The monoisotopic (exact) mass is 177 g/mol. The minimum atomic E-state index is -0.329. The quantitative estimate of drug-likeness (QED) is 0.263. The summed E-state index contributed by atoms with van der Waals surface area (Å²) in [7, 11) is 0. The molecule has 0 rings (SSSR count). The van der Waals surface area contributed by atoms with E-state index in [0.29, 0.717) is 0 Å². The van der Waals surface area contributed by atoms with Crippen LogP contribution < -0.4 is 0 Å². The van der Waals surface area contributed by atoms with Crippen LogP contribution in [0.1, 0.15) is 6.92 Å². The first-order valence-corrected chi connectivity index (χ1v) is 2.05. The summed E-state index contributed by atoms with van der Waals surface area (Å²) in [6, 6.07) is 0. The van der Waals surface area contributed by atoms with Crippen molar-refractivity contribution in [2.24, 2.45) is 0 Å². The van der Waals surface area contributed by atoms with E-state index in [9.17, 15) is 4.79 Å². The van der Waals surface area contributed by atoms with Crippen LogP contribution in [0.25, 0.3) is 0 Å². The van der Waals surface area contributed by atoms with Crippen molar-refractivity contribution >= 4 is 5.97 Å². The largest absolute Gasteiger partial charge is 0.435 e. The number of rotatable bonds is 1. The molecule has 0 bridgehead atoms. The molecular formula is C6H10CuO2. The maximum Gasteiger partial charge on any atom is 0.307 e. The number of carbonyl (C=O) groups is 1. The van der Waals surface area contributed by atoms with Gasteiger partial charge in [-0.25, -0.2) is 0 Å². The van der Waals surface area contributed by atoms with Crippen LogP contribution in [0.5, 0.6) is 0 Å². The first-order valence-electron chi connectivity index (χ1n) is 2.05. The van der Waals surface area contributed by atoms with Crippen LogP contribution in [0, 0.1) is 0 Å².